The second kappa shape index (κ2) is 12.8. The first-order valence-corrected chi connectivity index (χ1v) is 12.3. The van der Waals surface area contributed by atoms with Gasteiger partial charge in [-0.15, -0.1) is 11.8 Å². The molecule has 2 rings (SSSR count). The number of carbonyl (C=O) groups is 2. The minimum atomic E-state index is -0.692. The van der Waals surface area contributed by atoms with Gasteiger partial charge in [-0.05, 0) is 36.1 Å². The summed E-state index contributed by atoms with van der Waals surface area (Å²) in [5, 5.41) is 14.6. The zero-order valence-corrected chi connectivity index (χ0v) is 21.0. The number of carbonyl (C=O) groups excluding carboxylic acids is 2. The van der Waals surface area contributed by atoms with Crippen LogP contribution in [0.2, 0.25) is 10.0 Å². The van der Waals surface area contributed by atoms with Crippen LogP contribution in [0.5, 0.6) is 0 Å². The molecule has 0 fully saturated rings. The molecule has 0 spiro atoms. The molecular weight excluding hydrogens is 485 g/mol. The monoisotopic (exact) mass is 511 g/mol. The number of hydrogen-bond donors (Lipinski definition) is 1. The molecular formula is C23H27Cl2N3O4S. The van der Waals surface area contributed by atoms with Crippen molar-refractivity contribution in [2.24, 2.45) is 5.92 Å². The Balaban J connectivity index is 2.09. The molecule has 2 aromatic carbocycles. The van der Waals surface area contributed by atoms with Crippen molar-refractivity contribution in [3.8, 4) is 0 Å². The van der Waals surface area contributed by atoms with Gasteiger partial charge in [0.25, 0.3) is 5.69 Å². The summed E-state index contributed by atoms with van der Waals surface area (Å²) in [5.41, 5.74) is 1.58. The third kappa shape index (κ3) is 8.53. The summed E-state index contributed by atoms with van der Waals surface area (Å²) in [7, 11) is 0. The van der Waals surface area contributed by atoms with E-state index in [0.717, 1.165) is 5.56 Å². The van der Waals surface area contributed by atoms with Gasteiger partial charge >= 0.3 is 0 Å². The quantitative estimate of drug-likeness (QED) is 0.325. The molecule has 0 aromatic heterocycles. The summed E-state index contributed by atoms with van der Waals surface area (Å²) in [4.78, 5) is 37.6. The highest BCUT2D eigenvalue weighted by Crippen LogP contribution is 2.24. The van der Waals surface area contributed by atoms with Crippen molar-refractivity contribution in [3.05, 3.63) is 73.8 Å². The number of nitrogens with one attached hydrogen (secondary N) is 1. The van der Waals surface area contributed by atoms with Crippen molar-refractivity contribution < 1.29 is 14.5 Å². The van der Waals surface area contributed by atoms with Crippen LogP contribution < -0.4 is 5.32 Å². The summed E-state index contributed by atoms with van der Waals surface area (Å²) in [5.74, 6) is 0.493. The van der Waals surface area contributed by atoms with E-state index < -0.39 is 11.0 Å². The maximum Gasteiger partial charge on any atom is 0.269 e. The Morgan fingerprint density at radius 3 is 2.36 bits per heavy atom. The predicted octanol–water partition coefficient (Wildman–Crippen LogP) is 5.32. The molecule has 2 amide bonds. The fraction of sp³-hybridized carbons (Fsp3) is 0.391. The Hall–Kier alpha value is -2.29. The number of nitrogens with zero attached hydrogens (tertiary/aromatic N) is 2. The Morgan fingerprint density at radius 1 is 1.12 bits per heavy atom. The molecule has 0 heterocycles. The second-order valence-corrected chi connectivity index (χ2v) is 9.82. The van der Waals surface area contributed by atoms with Crippen molar-refractivity contribution >= 4 is 52.5 Å². The van der Waals surface area contributed by atoms with Crippen molar-refractivity contribution in [1.82, 2.24) is 10.2 Å². The molecule has 0 saturated carbocycles. The van der Waals surface area contributed by atoms with Crippen LogP contribution in [0.15, 0.2) is 42.5 Å². The minimum absolute atomic E-state index is 0.0204. The number of thioether (sulfide) groups is 1. The first-order chi connectivity index (χ1) is 15.6. The van der Waals surface area contributed by atoms with Crippen molar-refractivity contribution in [2.45, 2.75) is 39.1 Å². The number of nitro groups is 1. The van der Waals surface area contributed by atoms with Crippen LogP contribution in [-0.2, 0) is 21.9 Å². The van der Waals surface area contributed by atoms with Gasteiger partial charge in [0.05, 0.1) is 10.7 Å². The lowest BCUT2D eigenvalue weighted by atomic mass is 10.1. The first kappa shape index (κ1) is 27.0. The van der Waals surface area contributed by atoms with E-state index in [2.05, 4.69) is 5.32 Å². The van der Waals surface area contributed by atoms with Crippen molar-refractivity contribution in [2.75, 3.05) is 12.3 Å². The number of rotatable bonds is 11. The Labute approximate surface area is 208 Å². The van der Waals surface area contributed by atoms with E-state index in [9.17, 15) is 19.7 Å². The molecule has 178 valence electrons. The molecule has 0 aliphatic carbocycles. The van der Waals surface area contributed by atoms with Gasteiger partial charge in [-0.1, -0.05) is 55.2 Å². The van der Waals surface area contributed by atoms with Gasteiger partial charge in [0.1, 0.15) is 6.04 Å². The number of non-ortho nitro benzene ring substituents is 1. The van der Waals surface area contributed by atoms with Crippen LogP contribution in [0, 0.1) is 16.0 Å². The first-order valence-electron chi connectivity index (χ1n) is 10.4. The van der Waals surface area contributed by atoms with E-state index in [1.807, 2.05) is 13.8 Å². The number of halogens is 2. The largest absolute Gasteiger partial charge is 0.354 e. The Kier molecular flexibility index (Phi) is 10.5. The number of amides is 2. The van der Waals surface area contributed by atoms with Gasteiger partial charge in [0.15, 0.2) is 0 Å². The minimum Gasteiger partial charge on any atom is -0.354 e. The standard InChI is InChI=1S/C23H27Cl2N3O4S/c1-15(2)11-26-23(30)16(3)27(12-18-6-7-19(24)10-21(18)25)22(29)14-33-13-17-4-8-20(9-5-17)28(31)32/h4-10,15-16H,11-14H2,1-3H3,(H,26,30). The topological polar surface area (TPSA) is 92.6 Å². The van der Waals surface area contributed by atoms with Gasteiger partial charge in [-0.25, -0.2) is 0 Å². The summed E-state index contributed by atoms with van der Waals surface area (Å²) in [6.07, 6.45) is 0. The Morgan fingerprint density at radius 2 is 1.79 bits per heavy atom. The lowest BCUT2D eigenvalue weighted by Crippen LogP contribution is -2.48. The van der Waals surface area contributed by atoms with Crippen molar-refractivity contribution in [1.29, 1.82) is 0 Å². The number of hydrogen-bond acceptors (Lipinski definition) is 5. The van der Waals surface area contributed by atoms with Gasteiger partial charge in [-0.3, -0.25) is 19.7 Å². The molecule has 0 aliphatic heterocycles. The van der Waals surface area contributed by atoms with Gasteiger partial charge in [0, 0.05) is 41.0 Å². The molecule has 0 saturated heterocycles. The average molecular weight is 512 g/mol. The molecule has 1 atom stereocenters. The molecule has 0 bridgehead atoms. The third-order valence-electron chi connectivity index (χ3n) is 4.85. The summed E-state index contributed by atoms with van der Waals surface area (Å²) in [6, 6.07) is 10.6. The summed E-state index contributed by atoms with van der Waals surface area (Å²) >= 11 is 13.7. The fourth-order valence-electron chi connectivity index (χ4n) is 2.92. The van der Waals surface area contributed by atoms with Gasteiger partial charge in [0.2, 0.25) is 11.8 Å². The van der Waals surface area contributed by atoms with Crippen LogP contribution in [0.3, 0.4) is 0 Å². The normalized spacial score (nSPS) is 11.8. The third-order valence-corrected chi connectivity index (χ3v) is 6.42. The highest BCUT2D eigenvalue weighted by molar-refractivity contribution is 7.99. The summed E-state index contributed by atoms with van der Waals surface area (Å²) < 4.78 is 0. The van der Waals surface area contributed by atoms with Crippen LogP contribution in [-0.4, -0.2) is 40.0 Å². The summed E-state index contributed by atoms with van der Waals surface area (Å²) in [6.45, 7) is 6.37. The maximum atomic E-state index is 13.1. The molecule has 2 aromatic rings. The van der Waals surface area contributed by atoms with Gasteiger partial charge in [-0.2, -0.15) is 0 Å². The molecule has 0 radical (unpaired) electrons. The van der Waals surface area contributed by atoms with Crippen molar-refractivity contribution in [3.63, 3.8) is 0 Å². The number of benzene rings is 2. The zero-order valence-electron chi connectivity index (χ0n) is 18.7. The van der Waals surface area contributed by atoms with Crippen LogP contribution in [0.25, 0.3) is 0 Å². The SMILES string of the molecule is CC(C)CNC(=O)C(C)N(Cc1ccc(Cl)cc1Cl)C(=O)CSCc1ccc([N+](=O)[O-])cc1. The molecule has 1 unspecified atom stereocenters. The zero-order chi connectivity index (χ0) is 24.5. The highest BCUT2D eigenvalue weighted by atomic mass is 35.5. The molecule has 7 nitrogen and oxygen atoms in total. The fourth-order valence-corrected chi connectivity index (χ4v) is 4.26. The lowest BCUT2D eigenvalue weighted by molar-refractivity contribution is -0.384. The highest BCUT2D eigenvalue weighted by Gasteiger charge is 2.26. The smallest absolute Gasteiger partial charge is 0.269 e. The molecule has 10 heteroatoms. The lowest BCUT2D eigenvalue weighted by Gasteiger charge is -2.29. The Bertz CT molecular complexity index is 986. The van der Waals surface area contributed by atoms with Crippen LogP contribution >= 0.6 is 35.0 Å². The van der Waals surface area contributed by atoms with Gasteiger partial charge < -0.3 is 10.2 Å². The van der Waals surface area contributed by atoms with E-state index in [-0.39, 0.29) is 35.7 Å². The van der Waals surface area contributed by atoms with E-state index >= 15 is 0 Å². The molecule has 33 heavy (non-hydrogen) atoms. The van der Waals surface area contributed by atoms with E-state index in [0.29, 0.717) is 27.9 Å². The average Bonchev–Trinajstić information content (AvgIpc) is 2.76. The van der Waals surface area contributed by atoms with Crippen LogP contribution in [0.4, 0.5) is 5.69 Å². The maximum absolute atomic E-state index is 13.1. The van der Waals surface area contributed by atoms with E-state index in [1.165, 1.54) is 28.8 Å². The number of nitro benzene ring substituents is 1. The van der Waals surface area contributed by atoms with E-state index in [4.69, 9.17) is 23.2 Å². The molecule has 1 N–H and O–H groups in total. The predicted molar refractivity (Wildman–Crippen MR) is 134 cm³/mol. The van der Waals surface area contributed by atoms with E-state index in [1.54, 1.807) is 37.3 Å². The molecule has 0 aliphatic rings. The second-order valence-electron chi connectivity index (χ2n) is 7.99. The van der Waals surface area contributed by atoms with Crippen LogP contribution in [0.1, 0.15) is 31.9 Å².